The summed E-state index contributed by atoms with van der Waals surface area (Å²) in [5.41, 5.74) is 15.5. The number of fused-ring (bicyclic) bond motifs is 2. The molecule has 82 heavy (non-hydrogen) atoms. The number of para-hydroxylation sites is 2. The van der Waals surface area contributed by atoms with E-state index in [1.54, 1.807) is 39.5 Å². The van der Waals surface area contributed by atoms with Crippen molar-refractivity contribution < 1.29 is 26.9 Å². The van der Waals surface area contributed by atoms with E-state index in [9.17, 15) is 26.4 Å². The number of aromatic nitrogens is 6. The lowest BCUT2D eigenvalue weighted by Gasteiger charge is -2.22. The molecule has 10 rings (SSSR count). The van der Waals surface area contributed by atoms with Crippen LogP contribution in [-0.4, -0.2) is 75.6 Å². The summed E-state index contributed by atoms with van der Waals surface area (Å²) in [6, 6.07) is 44.5. The Morgan fingerprint density at radius 3 is 1.50 bits per heavy atom. The van der Waals surface area contributed by atoms with Crippen molar-refractivity contribution >= 4 is 100 Å². The largest absolute Gasteiger partial charge is 0.488 e. The smallest absolute Gasteiger partial charge is 0.423 e. The molecule has 2 atom stereocenters. The van der Waals surface area contributed by atoms with E-state index in [-0.39, 0.29) is 61.5 Å². The fourth-order valence-electron chi connectivity index (χ4n) is 8.80. The van der Waals surface area contributed by atoms with Crippen LogP contribution in [0.5, 0.6) is 0 Å². The van der Waals surface area contributed by atoms with Crippen molar-refractivity contribution in [3.63, 3.8) is 0 Å². The van der Waals surface area contributed by atoms with Crippen molar-refractivity contribution in [2.75, 3.05) is 34.6 Å². The Morgan fingerprint density at radius 2 is 1.02 bits per heavy atom. The summed E-state index contributed by atoms with van der Waals surface area (Å²) >= 11 is 6.35. The predicted molar refractivity (Wildman–Crippen MR) is 322 cm³/mol. The van der Waals surface area contributed by atoms with Gasteiger partial charge in [0.1, 0.15) is 11.6 Å². The van der Waals surface area contributed by atoms with Gasteiger partial charge in [-0.25, -0.2) is 46.5 Å². The van der Waals surface area contributed by atoms with Crippen molar-refractivity contribution in [1.82, 2.24) is 29.1 Å². The SMILES string of the molecule is CS(=O)(=O)c1cccc(B(O)O)c1.[C-]#[N+]c1cnc(N)nc1N[C@@H](C)c1cc2cccc(-c3cccc(S(C)(=O)=O)c3)c2c(=O)n1-c1ccccc1.[C-]#[N+]c1cnc(N)nc1N[C@@H](C)c1cc2cccc(Cl)c2c(=O)n1-c1ccccc1. The molecule has 0 fully saturated rings. The van der Waals surface area contributed by atoms with Gasteiger partial charge in [-0.15, -0.1) is 0 Å². The minimum atomic E-state index is -3.44. The molecule has 0 bridgehead atoms. The van der Waals surface area contributed by atoms with Gasteiger partial charge in [0.2, 0.25) is 23.3 Å². The van der Waals surface area contributed by atoms with Crippen LogP contribution in [0.4, 0.5) is 34.9 Å². The molecule has 0 unspecified atom stereocenters. The molecule has 4 heterocycles. The number of anilines is 4. The molecule has 10 aromatic rings. The molecule has 0 amide bonds. The summed E-state index contributed by atoms with van der Waals surface area (Å²) in [5.74, 6) is 0.659. The normalized spacial score (nSPS) is 11.9. The van der Waals surface area contributed by atoms with Crippen LogP contribution in [0, 0.1) is 13.1 Å². The minimum absolute atomic E-state index is 0.0250. The van der Waals surface area contributed by atoms with Gasteiger partial charge in [-0.1, -0.05) is 103 Å². The highest BCUT2D eigenvalue weighted by Gasteiger charge is 2.23. The first-order valence-electron chi connectivity index (χ1n) is 24.7. The summed E-state index contributed by atoms with van der Waals surface area (Å²) in [6.45, 7) is 18.5. The lowest BCUT2D eigenvalue weighted by molar-refractivity contribution is 0.425. The molecule has 0 radical (unpaired) electrons. The van der Waals surface area contributed by atoms with Crippen LogP contribution < -0.4 is 38.7 Å². The van der Waals surface area contributed by atoms with E-state index in [1.807, 2.05) is 111 Å². The Kier molecular flexibility index (Phi) is 17.6. The molecule has 0 aliphatic heterocycles. The van der Waals surface area contributed by atoms with Crippen LogP contribution in [-0.2, 0) is 19.7 Å². The molecular formula is C58H50BClN12O8S2. The number of sulfone groups is 2. The molecule has 0 saturated heterocycles. The number of benzene rings is 6. The van der Waals surface area contributed by atoms with Crippen LogP contribution in [0.2, 0.25) is 5.02 Å². The molecule has 4 aromatic heterocycles. The molecule has 0 aliphatic rings. The zero-order valence-corrected chi connectivity index (χ0v) is 46.6. The van der Waals surface area contributed by atoms with Crippen molar-refractivity contribution in [1.29, 1.82) is 0 Å². The standard InChI is InChI=1S/C29H24N6O3S.C22H17ClN6O.C7H9BO4S/c1-18(33-27-24(31-2)17-32-29(30)34-27)25-16-20-10-8-14-23(19-9-7-13-22(15-19)39(3,37)38)26(20)28(36)35(25)21-11-5-4-6-12-21;1-13(27-20-17(25-2)12-26-22(24)28-20)18-11-14-7-6-10-16(23)19(14)21(30)29(18)15-8-4-3-5-9-15;1-13(11,12)7-4-2-3-6(5-7)8(9)10/h4-18H,1,3H3,(H3,30,32,33,34);3-13H,1H3,(H3,24,26,27,28);2-5,9-10H,1H3/t18-;13-;/m00./s1. The number of nitrogens with zero attached hydrogens (tertiary/aromatic N) is 8. The van der Waals surface area contributed by atoms with Crippen LogP contribution in [0.3, 0.4) is 0 Å². The third-order valence-electron chi connectivity index (χ3n) is 12.7. The van der Waals surface area contributed by atoms with Gasteiger partial charge in [-0.05, 0) is 108 Å². The van der Waals surface area contributed by atoms with Gasteiger partial charge < -0.3 is 32.1 Å². The fourth-order valence-corrected chi connectivity index (χ4v) is 10.4. The van der Waals surface area contributed by atoms with Gasteiger partial charge in [0.15, 0.2) is 19.7 Å². The first-order chi connectivity index (χ1) is 39.1. The van der Waals surface area contributed by atoms with Crippen LogP contribution in [0.25, 0.3) is 53.7 Å². The topological polar surface area (TPSA) is 289 Å². The van der Waals surface area contributed by atoms with E-state index < -0.39 is 32.8 Å². The number of pyridine rings is 2. The highest BCUT2D eigenvalue weighted by Crippen LogP contribution is 2.34. The highest BCUT2D eigenvalue weighted by atomic mass is 35.5. The molecule has 412 valence electrons. The van der Waals surface area contributed by atoms with Gasteiger partial charge in [-0.3, -0.25) is 18.7 Å². The maximum Gasteiger partial charge on any atom is 0.488 e. The van der Waals surface area contributed by atoms with Crippen LogP contribution in [0.15, 0.2) is 189 Å². The molecule has 8 N–H and O–H groups in total. The molecule has 20 nitrogen and oxygen atoms in total. The third-order valence-corrected chi connectivity index (χ3v) is 15.2. The monoisotopic (exact) mass is 1150 g/mol. The van der Waals surface area contributed by atoms with E-state index >= 15 is 0 Å². The number of hydrogen-bond acceptors (Lipinski definition) is 16. The Bertz CT molecular complexity index is 4500. The third kappa shape index (κ3) is 13.1. The average molecular weight is 1150 g/mol. The van der Waals surface area contributed by atoms with Gasteiger partial charge in [0, 0.05) is 47.7 Å². The van der Waals surface area contributed by atoms with E-state index in [0.29, 0.717) is 60.9 Å². The number of halogens is 1. The quantitative estimate of drug-likeness (QED) is 0.0493. The first-order valence-corrected chi connectivity index (χ1v) is 28.9. The van der Waals surface area contributed by atoms with Crippen molar-refractivity contribution in [3.05, 3.63) is 230 Å². The van der Waals surface area contributed by atoms with Crippen LogP contribution in [0.1, 0.15) is 37.3 Å². The number of rotatable bonds is 12. The molecule has 6 aromatic carbocycles. The zero-order chi connectivity index (χ0) is 59.0. The van der Waals surface area contributed by atoms with Crippen molar-refractivity contribution in [2.45, 2.75) is 35.7 Å². The maximum atomic E-state index is 14.3. The summed E-state index contributed by atoms with van der Waals surface area (Å²) in [5, 5.41) is 26.7. The second-order valence-corrected chi connectivity index (χ2v) is 22.9. The minimum Gasteiger partial charge on any atom is -0.423 e. The summed E-state index contributed by atoms with van der Waals surface area (Å²) < 4.78 is 49.8. The van der Waals surface area contributed by atoms with Gasteiger partial charge in [0.05, 0.1) is 50.8 Å². The number of nitrogen functional groups attached to an aromatic ring is 2. The second kappa shape index (κ2) is 24.7. The number of nitrogens with one attached hydrogen (secondary N) is 2. The van der Waals surface area contributed by atoms with E-state index in [0.717, 1.165) is 17.9 Å². The number of nitrogens with two attached hydrogens (primary N) is 2. The van der Waals surface area contributed by atoms with Gasteiger partial charge in [-0.2, -0.15) is 0 Å². The maximum absolute atomic E-state index is 14.3. The molecule has 24 heteroatoms. The molecule has 0 saturated carbocycles. The lowest BCUT2D eigenvalue weighted by atomic mass is 9.80. The van der Waals surface area contributed by atoms with E-state index in [2.05, 4.69) is 40.3 Å². The van der Waals surface area contributed by atoms with Crippen molar-refractivity contribution in [2.24, 2.45) is 0 Å². The number of hydrogen-bond donors (Lipinski definition) is 6. The summed E-state index contributed by atoms with van der Waals surface area (Å²) in [6.07, 6.45) is 4.94. The van der Waals surface area contributed by atoms with E-state index in [1.165, 1.54) is 42.7 Å². The predicted octanol–water partition coefficient (Wildman–Crippen LogP) is 8.67. The Hall–Kier alpha value is -9.75. The fraction of sp³-hybridized carbons (Fsp3) is 0.103. The Labute approximate surface area is 476 Å². The Morgan fingerprint density at radius 1 is 0.585 bits per heavy atom. The average Bonchev–Trinajstić information content (AvgIpc) is 2.13. The molecular weight excluding hydrogens is 1100 g/mol. The van der Waals surface area contributed by atoms with Gasteiger partial charge >= 0.3 is 7.12 Å². The lowest BCUT2D eigenvalue weighted by Crippen LogP contribution is -2.30. The highest BCUT2D eigenvalue weighted by molar-refractivity contribution is 7.91. The van der Waals surface area contributed by atoms with E-state index in [4.69, 9.17) is 46.3 Å². The Balaban J connectivity index is 0.000000180. The van der Waals surface area contributed by atoms with Crippen LogP contribution >= 0.6 is 11.6 Å². The molecule has 0 spiro atoms. The van der Waals surface area contributed by atoms with Crippen molar-refractivity contribution in [3.8, 4) is 22.5 Å². The van der Waals surface area contributed by atoms with Gasteiger partial charge in [0.25, 0.3) is 11.1 Å². The summed E-state index contributed by atoms with van der Waals surface area (Å²) in [7, 11) is -8.35. The first kappa shape index (κ1) is 58.4. The summed E-state index contributed by atoms with van der Waals surface area (Å²) in [4.78, 5) is 51.0. The zero-order valence-electron chi connectivity index (χ0n) is 44.2. The second-order valence-electron chi connectivity index (χ2n) is 18.5. The molecule has 0 aliphatic carbocycles.